The zero-order valence-electron chi connectivity index (χ0n) is 14.2. The molecule has 1 fully saturated rings. The van der Waals surface area contributed by atoms with Crippen LogP contribution in [-0.4, -0.2) is 35.8 Å². The Hall–Kier alpha value is -2.33. The van der Waals surface area contributed by atoms with Crippen LogP contribution in [0.15, 0.2) is 48.5 Å². The van der Waals surface area contributed by atoms with E-state index in [1.807, 2.05) is 36.1 Å². The standard InChI is InChI=1S/C20H21ClN2O2/c1-14-4-2-3-5-18(14)19(24)22-17-10-12-23(13-11-17)20(25)15-6-8-16(21)9-7-15/h2-9,17H,10-13H2,1H3,(H,22,24). The highest BCUT2D eigenvalue weighted by molar-refractivity contribution is 6.30. The summed E-state index contributed by atoms with van der Waals surface area (Å²) < 4.78 is 0. The number of piperidine rings is 1. The van der Waals surface area contributed by atoms with Crippen molar-refractivity contribution in [3.8, 4) is 0 Å². The second kappa shape index (κ2) is 7.70. The maximum atomic E-state index is 12.5. The summed E-state index contributed by atoms with van der Waals surface area (Å²) in [7, 11) is 0. The smallest absolute Gasteiger partial charge is 0.253 e. The molecule has 1 aliphatic rings. The van der Waals surface area contributed by atoms with E-state index in [0.29, 0.717) is 29.2 Å². The Bertz CT molecular complexity index is 766. The van der Waals surface area contributed by atoms with Gasteiger partial charge in [0.25, 0.3) is 11.8 Å². The molecule has 5 heteroatoms. The number of likely N-dealkylation sites (tertiary alicyclic amines) is 1. The number of benzene rings is 2. The van der Waals surface area contributed by atoms with E-state index < -0.39 is 0 Å². The Morgan fingerprint density at radius 2 is 1.68 bits per heavy atom. The molecule has 0 bridgehead atoms. The molecule has 0 saturated carbocycles. The van der Waals surface area contributed by atoms with Crippen molar-refractivity contribution in [3.63, 3.8) is 0 Å². The van der Waals surface area contributed by atoms with Crippen molar-refractivity contribution >= 4 is 23.4 Å². The van der Waals surface area contributed by atoms with E-state index in [9.17, 15) is 9.59 Å². The largest absolute Gasteiger partial charge is 0.349 e. The van der Waals surface area contributed by atoms with Gasteiger partial charge in [0.2, 0.25) is 0 Å². The lowest BCUT2D eigenvalue weighted by Crippen LogP contribution is -2.46. The fourth-order valence-electron chi connectivity index (χ4n) is 3.09. The second-order valence-corrected chi connectivity index (χ2v) is 6.80. The Morgan fingerprint density at radius 1 is 1.04 bits per heavy atom. The van der Waals surface area contributed by atoms with Crippen LogP contribution in [0.4, 0.5) is 0 Å². The van der Waals surface area contributed by atoms with Crippen LogP contribution in [0, 0.1) is 6.92 Å². The number of aryl methyl sites for hydroxylation is 1. The fraction of sp³-hybridized carbons (Fsp3) is 0.300. The average Bonchev–Trinajstić information content (AvgIpc) is 2.63. The minimum atomic E-state index is -0.0411. The first-order valence-electron chi connectivity index (χ1n) is 8.46. The predicted octanol–water partition coefficient (Wildman–Crippen LogP) is 3.68. The molecular formula is C20H21ClN2O2. The molecule has 0 radical (unpaired) electrons. The normalized spacial score (nSPS) is 15.0. The molecule has 0 atom stereocenters. The van der Waals surface area contributed by atoms with Crippen molar-refractivity contribution in [2.75, 3.05) is 13.1 Å². The molecule has 25 heavy (non-hydrogen) atoms. The molecule has 0 spiro atoms. The number of carbonyl (C=O) groups excluding carboxylic acids is 2. The minimum Gasteiger partial charge on any atom is -0.349 e. The van der Waals surface area contributed by atoms with Gasteiger partial charge in [-0.3, -0.25) is 9.59 Å². The maximum absolute atomic E-state index is 12.5. The third-order valence-electron chi connectivity index (χ3n) is 4.60. The fourth-order valence-corrected chi connectivity index (χ4v) is 3.22. The van der Waals surface area contributed by atoms with Crippen molar-refractivity contribution in [1.82, 2.24) is 10.2 Å². The van der Waals surface area contributed by atoms with Gasteiger partial charge in [-0.25, -0.2) is 0 Å². The zero-order valence-corrected chi connectivity index (χ0v) is 14.9. The van der Waals surface area contributed by atoms with Gasteiger partial charge in [0, 0.05) is 35.3 Å². The van der Waals surface area contributed by atoms with Crippen LogP contribution in [0.1, 0.15) is 39.1 Å². The highest BCUT2D eigenvalue weighted by Crippen LogP contribution is 2.17. The number of rotatable bonds is 3. The summed E-state index contributed by atoms with van der Waals surface area (Å²) in [5.41, 5.74) is 2.32. The summed E-state index contributed by atoms with van der Waals surface area (Å²) in [6.45, 7) is 3.21. The predicted molar refractivity (Wildman–Crippen MR) is 99.0 cm³/mol. The number of amides is 2. The lowest BCUT2D eigenvalue weighted by molar-refractivity contribution is 0.0698. The number of halogens is 1. The topological polar surface area (TPSA) is 49.4 Å². The maximum Gasteiger partial charge on any atom is 0.253 e. The Labute approximate surface area is 152 Å². The van der Waals surface area contributed by atoms with E-state index in [2.05, 4.69) is 5.32 Å². The Kier molecular flexibility index (Phi) is 5.39. The van der Waals surface area contributed by atoms with Crippen molar-refractivity contribution in [2.24, 2.45) is 0 Å². The van der Waals surface area contributed by atoms with E-state index in [4.69, 9.17) is 11.6 Å². The second-order valence-electron chi connectivity index (χ2n) is 6.36. The van der Waals surface area contributed by atoms with E-state index in [1.54, 1.807) is 24.3 Å². The molecule has 3 rings (SSSR count). The molecule has 2 aromatic rings. The van der Waals surface area contributed by atoms with Crippen LogP contribution in [0.2, 0.25) is 5.02 Å². The average molecular weight is 357 g/mol. The Morgan fingerprint density at radius 3 is 2.32 bits per heavy atom. The molecular weight excluding hydrogens is 336 g/mol. The van der Waals surface area contributed by atoms with Crippen molar-refractivity contribution in [3.05, 3.63) is 70.2 Å². The van der Waals surface area contributed by atoms with Gasteiger partial charge in [-0.15, -0.1) is 0 Å². The van der Waals surface area contributed by atoms with Gasteiger partial charge < -0.3 is 10.2 Å². The molecule has 1 heterocycles. The van der Waals surface area contributed by atoms with Gasteiger partial charge >= 0.3 is 0 Å². The molecule has 4 nitrogen and oxygen atoms in total. The summed E-state index contributed by atoms with van der Waals surface area (Å²) >= 11 is 5.87. The van der Waals surface area contributed by atoms with Crippen molar-refractivity contribution in [1.29, 1.82) is 0 Å². The number of hydrogen-bond donors (Lipinski definition) is 1. The molecule has 1 aliphatic heterocycles. The first kappa shape index (κ1) is 17.5. The van der Waals surface area contributed by atoms with Gasteiger partial charge in [0.1, 0.15) is 0 Å². The van der Waals surface area contributed by atoms with E-state index in [1.165, 1.54) is 0 Å². The van der Waals surface area contributed by atoms with Gasteiger partial charge in [0.15, 0.2) is 0 Å². The lowest BCUT2D eigenvalue weighted by atomic mass is 10.0. The summed E-state index contributed by atoms with van der Waals surface area (Å²) in [5.74, 6) is -0.0269. The van der Waals surface area contributed by atoms with Crippen LogP contribution in [0.5, 0.6) is 0 Å². The van der Waals surface area contributed by atoms with E-state index in [0.717, 1.165) is 18.4 Å². The van der Waals surface area contributed by atoms with Crippen LogP contribution in [-0.2, 0) is 0 Å². The van der Waals surface area contributed by atoms with Crippen molar-refractivity contribution in [2.45, 2.75) is 25.8 Å². The first-order valence-corrected chi connectivity index (χ1v) is 8.84. The monoisotopic (exact) mass is 356 g/mol. The molecule has 2 aromatic carbocycles. The highest BCUT2D eigenvalue weighted by atomic mass is 35.5. The van der Waals surface area contributed by atoms with Crippen LogP contribution >= 0.6 is 11.6 Å². The number of carbonyl (C=O) groups is 2. The summed E-state index contributed by atoms with van der Waals surface area (Å²) in [6.07, 6.45) is 1.52. The summed E-state index contributed by atoms with van der Waals surface area (Å²) in [5, 5.41) is 3.71. The quantitative estimate of drug-likeness (QED) is 0.911. The molecule has 0 unspecified atom stereocenters. The SMILES string of the molecule is Cc1ccccc1C(=O)NC1CCN(C(=O)c2ccc(Cl)cc2)CC1. The van der Waals surface area contributed by atoms with Crippen LogP contribution in [0.3, 0.4) is 0 Å². The molecule has 0 aliphatic carbocycles. The summed E-state index contributed by atoms with van der Waals surface area (Å²) in [6, 6.07) is 14.6. The number of nitrogens with zero attached hydrogens (tertiary/aromatic N) is 1. The summed E-state index contributed by atoms with van der Waals surface area (Å²) in [4.78, 5) is 26.7. The van der Waals surface area contributed by atoms with Gasteiger partial charge in [-0.2, -0.15) is 0 Å². The first-order chi connectivity index (χ1) is 12.0. The van der Waals surface area contributed by atoms with Crippen LogP contribution < -0.4 is 5.32 Å². The zero-order chi connectivity index (χ0) is 17.8. The van der Waals surface area contributed by atoms with Gasteiger partial charge in [-0.1, -0.05) is 29.8 Å². The van der Waals surface area contributed by atoms with Gasteiger partial charge in [0.05, 0.1) is 0 Å². The third-order valence-corrected chi connectivity index (χ3v) is 4.85. The lowest BCUT2D eigenvalue weighted by Gasteiger charge is -2.32. The molecule has 2 amide bonds. The van der Waals surface area contributed by atoms with Crippen molar-refractivity contribution < 1.29 is 9.59 Å². The number of hydrogen-bond acceptors (Lipinski definition) is 2. The third kappa shape index (κ3) is 4.20. The molecule has 1 N–H and O–H groups in total. The van der Waals surface area contributed by atoms with E-state index in [-0.39, 0.29) is 17.9 Å². The molecule has 130 valence electrons. The van der Waals surface area contributed by atoms with Gasteiger partial charge in [-0.05, 0) is 55.7 Å². The Balaban J connectivity index is 1.55. The van der Waals surface area contributed by atoms with E-state index >= 15 is 0 Å². The molecule has 0 aromatic heterocycles. The minimum absolute atomic E-state index is 0.0142. The molecule has 1 saturated heterocycles. The number of nitrogens with one attached hydrogen (secondary N) is 1. The highest BCUT2D eigenvalue weighted by Gasteiger charge is 2.25. The van der Waals surface area contributed by atoms with Crippen LogP contribution in [0.25, 0.3) is 0 Å².